The molecule has 5 nitrogen and oxygen atoms in total. The molecule has 0 unspecified atom stereocenters. The molecule has 0 aliphatic rings. The van der Waals surface area contributed by atoms with E-state index in [4.69, 9.17) is 14.6 Å². The van der Waals surface area contributed by atoms with Crippen molar-refractivity contribution in [2.24, 2.45) is 0 Å². The first kappa shape index (κ1) is 18.2. The molecule has 0 atom stereocenters. The third kappa shape index (κ3) is 4.67. The van der Waals surface area contributed by atoms with Gasteiger partial charge < -0.3 is 19.7 Å². The van der Waals surface area contributed by atoms with Crippen LogP contribution in [0.25, 0.3) is 10.8 Å². The summed E-state index contributed by atoms with van der Waals surface area (Å²) in [6.45, 7) is 0.248. The summed E-state index contributed by atoms with van der Waals surface area (Å²) in [7, 11) is 1.53. The third-order valence-corrected chi connectivity index (χ3v) is 3.75. The molecule has 0 saturated heterocycles. The van der Waals surface area contributed by atoms with Gasteiger partial charge in [-0.05, 0) is 35.2 Å². The molecule has 0 amide bonds. The number of aromatic nitrogens is 1. The highest BCUT2D eigenvalue weighted by Crippen LogP contribution is 2.33. The molecule has 0 aliphatic carbocycles. The van der Waals surface area contributed by atoms with Crippen LogP contribution in [0.5, 0.6) is 11.5 Å². The molecule has 0 radical (unpaired) electrons. The fourth-order valence-corrected chi connectivity index (χ4v) is 2.48. The number of nitrogens with zero attached hydrogens (tertiary/aromatic N) is 1. The zero-order valence-electron chi connectivity index (χ0n) is 13.7. The molecule has 0 aliphatic heterocycles. The van der Waals surface area contributed by atoms with Crippen LogP contribution in [0.3, 0.4) is 0 Å². The van der Waals surface area contributed by atoms with Gasteiger partial charge in [0.2, 0.25) is 0 Å². The largest absolute Gasteiger partial charge is 0.554 e. The van der Waals surface area contributed by atoms with E-state index >= 15 is 0 Å². The molecule has 6 heteroatoms. The standard InChI is InChI=1S/C18H16FNO2.CH2O2/c1-22-17-7-4-14-9-11-20(12-16(14)18(17)21)10-8-13-2-5-15(19)6-3-13;2-1-3/h2-7,9,11-12H,8,10H2,1H3;1H,(H,2,3). The number of aromatic hydroxyl groups is 1. The number of phenolic OH excluding ortho intramolecular Hbond substituents is 1. The Morgan fingerprint density at radius 3 is 2.52 bits per heavy atom. The van der Waals surface area contributed by atoms with Gasteiger partial charge in [-0.15, -0.1) is 0 Å². The number of hydrogen-bond donors (Lipinski definition) is 1. The number of aryl methyl sites for hydroxylation is 2. The van der Waals surface area contributed by atoms with Gasteiger partial charge >= 0.3 is 0 Å². The maximum absolute atomic E-state index is 12.9. The first-order valence-corrected chi connectivity index (χ1v) is 7.58. The number of fused-ring (bicyclic) bond motifs is 1. The van der Waals surface area contributed by atoms with E-state index in [-0.39, 0.29) is 11.6 Å². The SMILES string of the molecule is COc1ccc2cc[n+](CCc3ccc(F)cc3)cc2c1O.O=C[O-]. The van der Waals surface area contributed by atoms with Crippen molar-refractivity contribution in [1.82, 2.24) is 0 Å². The second kappa shape index (κ2) is 8.63. The van der Waals surface area contributed by atoms with Gasteiger partial charge in [0, 0.05) is 19.0 Å². The summed E-state index contributed by atoms with van der Waals surface area (Å²) in [4.78, 5) is 8.25. The molecule has 2 aromatic carbocycles. The van der Waals surface area contributed by atoms with Gasteiger partial charge in [-0.25, -0.2) is 8.96 Å². The maximum Gasteiger partial charge on any atom is 0.180 e. The highest BCUT2D eigenvalue weighted by atomic mass is 19.1. The molecule has 0 spiro atoms. The van der Waals surface area contributed by atoms with Gasteiger partial charge in [0.25, 0.3) is 0 Å². The number of halogens is 1. The topological polar surface area (TPSA) is 73.5 Å². The summed E-state index contributed by atoms with van der Waals surface area (Å²) in [6, 6.07) is 12.1. The zero-order valence-corrected chi connectivity index (χ0v) is 13.7. The molecule has 1 heterocycles. The van der Waals surface area contributed by atoms with Crippen LogP contribution in [-0.2, 0) is 17.8 Å². The number of phenols is 1. The molecule has 1 aromatic heterocycles. The fraction of sp³-hybridized carbons (Fsp3) is 0.158. The number of ether oxygens (including phenoxy) is 1. The number of rotatable bonds is 4. The van der Waals surface area contributed by atoms with Gasteiger partial charge in [0.15, 0.2) is 30.4 Å². The van der Waals surface area contributed by atoms with E-state index in [9.17, 15) is 9.50 Å². The number of carboxylic acid groups (broad SMARTS) is 1. The minimum Gasteiger partial charge on any atom is -0.554 e. The average Bonchev–Trinajstić information content (AvgIpc) is 2.62. The van der Waals surface area contributed by atoms with Crippen LogP contribution in [0.1, 0.15) is 5.56 Å². The van der Waals surface area contributed by atoms with E-state index in [1.807, 2.05) is 29.1 Å². The van der Waals surface area contributed by atoms with E-state index in [0.29, 0.717) is 5.75 Å². The smallest absolute Gasteiger partial charge is 0.180 e. The van der Waals surface area contributed by atoms with Crippen molar-refractivity contribution in [2.75, 3.05) is 7.11 Å². The number of pyridine rings is 1. The molecule has 0 saturated carbocycles. The fourth-order valence-electron chi connectivity index (χ4n) is 2.48. The van der Waals surface area contributed by atoms with Crippen LogP contribution < -0.4 is 14.4 Å². The lowest BCUT2D eigenvalue weighted by Crippen LogP contribution is -2.33. The van der Waals surface area contributed by atoms with Crippen molar-refractivity contribution in [3.05, 3.63) is 66.2 Å². The molecular formula is C19H18FNO4. The van der Waals surface area contributed by atoms with Crippen LogP contribution in [-0.4, -0.2) is 18.7 Å². The third-order valence-electron chi connectivity index (χ3n) is 3.75. The lowest BCUT2D eigenvalue weighted by atomic mass is 10.1. The van der Waals surface area contributed by atoms with Crippen LogP contribution in [0.15, 0.2) is 54.9 Å². The van der Waals surface area contributed by atoms with Crippen molar-refractivity contribution >= 4 is 17.2 Å². The molecule has 0 fully saturated rings. The number of carbonyl (C=O) groups excluding carboxylic acids is 1. The summed E-state index contributed by atoms with van der Waals surface area (Å²) < 4.78 is 20.0. The molecule has 0 bridgehead atoms. The summed E-state index contributed by atoms with van der Waals surface area (Å²) in [6.07, 6.45) is 4.66. The summed E-state index contributed by atoms with van der Waals surface area (Å²) in [5.41, 5.74) is 1.07. The highest BCUT2D eigenvalue weighted by molar-refractivity contribution is 5.88. The summed E-state index contributed by atoms with van der Waals surface area (Å²) in [5.74, 6) is 0.388. The Hall–Kier alpha value is -3.15. The van der Waals surface area contributed by atoms with Gasteiger partial charge in [0.05, 0.1) is 12.5 Å². The number of carbonyl (C=O) groups is 1. The highest BCUT2D eigenvalue weighted by Gasteiger charge is 2.11. The minimum atomic E-state index is -0.500. The average molecular weight is 343 g/mol. The number of benzene rings is 2. The van der Waals surface area contributed by atoms with Crippen molar-refractivity contribution < 1.29 is 28.7 Å². The second-order valence-electron chi connectivity index (χ2n) is 5.27. The lowest BCUT2D eigenvalue weighted by molar-refractivity contribution is -0.695. The second-order valence-corrected chi connectivity index (χ2v) is 5.27. The van der Waals surface area contributed by atoms with Crippen molar-refractivity contribution in [2.45, 2.75) is 13.0 Å². The van der Waals surface area contributed by atoms with E-state index in [0.717, 1.165) is 29.3 Å². The Bertz CT molecular complexity index is 850. The van der Waals surface area contributed by atoms with Crippen LogP contribution in [0.2, 0.25) is 0 Å². The molecule has 3 rings (SSSR count). The van der Waals surface area contributed by atoms with E-state index < -0.39 is 6.47 Å². The monoisotopic (exact) mass is 343 g/mol. The predicted octanol–water partition coefficient (Wildman–Crippen LogP) is 1.59. The Kier molecular flexibility index (Phi) is 6.28. The summed E-state index contributed by atoms with van der Waals surface area (Å²) >= 11 is 0. The number of methoxy groups -OCH3 is 1. The first-order chi connectivity index (χ1) is 12.1. The van der Waals surface area contributed by atoms with Gasteiger partial charge in [-0.2, -0.15) is 0 Å². The molecule has 3 aromatic rings. The van der Waals surface area contributed by atoms with Crippen LogP contribution in [0, 0.1) is 5.82 Å². The minimum absolute atomic E-state index is 0.149. The Morgan fingerprint density at radius 2 is 1.88 bits per heavy atom. The van der Waals surface area contributed by atoms with Crippen LogP contribution >= 0.6 is 0 Å². The first-order valence-electron chi connectivity index (χ1n) is 7.58. The Labute approximate surface area is 144 Å². The molecule has 1 N–H and O–H groups in total. The quantitative estimate of drug-likeness (QED) is 0.577. The molecule has 25 heavy (non-hydrogen) atoms. The maximum atomic E-state index is 12.9. The van der Waals surface area contributed by atoms with E-state index in [1.165, 1.54) is 19.2 Å². The lowest BCUT2D eigenvalue weighted by Gasteiger charge is -2.06. The van der Waals surface area contributed by atoms with Gasteiger partial charge in [0.1, 0.15) is 5.82 Å². The zero-order chi connectivity index (χ0) is 18.2. The summed E-state index contributed by atoms with van der Waals surface area (Å²) in [5, 5.41) is 20.2. The normalized spacial score (nSPS) is 10.0. The number of hydrogen-bond acceptors (Lipinski definition) is 4. The van der Waals surface area contributed by atoms with Gasteiger partial charge in [-0.3, -0.25) is 0 Å². The molecule has 130 valence electrons. The van der Waals surface area contributed by atoms with Crippen molar-refractivity contribution in [3.63, 3.8) is 0 Å². The molecular weight excluding hydrogens is 325 g/mol. The predicted molar refractivity (Wildman–Crippen MR) is 88.5 cm³/mol. The van der Waals surface area contributed by atoms with E-state index in [1.54, 1.807) is 18.2 Å². The Balaban J connectivity index is 0.000000701. The van der Waals surface area contributed by atoms with Crippen molar-refractivity contribution in [3.8, 4) is 11.5 Å². The van der Waals surface area contributed by atoms with Gasteiger partial charge in [-0.1, -0.05) is 12.1 Å². The van der Waals surface area contributed by atoms with Crippen LogP contribution in [0.4, 0.5) is 4.39 Å². The van der Waals surface area contributed by atoms with Crippen molar-refractivity contribution in [1.29, 1.82) is 0 Å². The Morgan fingerprint density at radius 1 is 1.20 bits per heavy atom. The van der Waals surface area contributed by atoms with E-state index in [2.05, 4.69) is 0 Å².